The van der Waals surface area contributed by atoms with Crippen LogP contribution in [0.25, 0.3) is 0 Å². The largest absolute Gasteiger partial charge is 0.547 e. The van der Waals surface area contributed by atoms with Gasteiger partial charge in [0.25, 0.3) is 0 Å². The molecule has 0 bridgehead atoms. The lowest BCUT2D eigenvalue weighted by atomic mass is 10.1. The van der Waals surface area contributed by atoms with Crippen LogP contribution < -0.4 is 5.11 Å². The first-order valence-corrected chi connectivity index (χ1v) is 7.35. The minimum absolute atomic E-state index is 0.183. The summed E-state index contributed by atoms with van der Waals surface area (Å²) in [4.78, 5) is 11.1. The van der Waals surface area contributed by atoms with Gasteiger partial charge in [0.1, 0.15) is 6.10 Å². The molecule has 1 fully saturated rings. The average molecular weight is 293 g/mol. The second kappa shape index (κ2) is 8.77. The van der Waals surface area contributed by atoms with Gasteiger partial charge < -0.3 is 24.1 Å². The molecule has 5 heteroatoms. The van der Waals surface area contributed by atoms with E-state index in [1.54, 1.807) is 0 Å². The molecule has 116 valence electrons. The summed E-state index contributed by atoms with van der Waals surface area (Å²) < 4.78 is 16.3. The number of benzene rings is 1. The first kappa shape index (κ1) is 15.9. The smallest absolute Gasteiger partial charge is 0.157 e. The van der Waals surface area contributed by atoms with Crippen molar-refractivity contribution in [3.63, 3.8) is 0 Å². The second-order valence-corrected chi connectivity index (χ2v) is 5.04. The van der Waals surface area contributed by atoms with Crippen LogP contribution in [0.5, 0.6) is 0 Å². The summed E-state index contributed by atoms with van der Waals surface area (Å²) in [7, 11) is 0. The van der Waals surface area contributed by atoms with Crippen molar-refractivity contribution < 1.29 is 24.1 Å². The Morgan fingerprint density at radius 1 is 1.29 bits per heavy atom. The maximum absolute atomic E-state index is 11.1. The average Bonchev–Trinajstić information content (AvgIpc) is 2.52. The van der Waals surface area contributed by atoms with Crippen LogP contribution >= 0.6 is 0 Å². The Bertz CT molecular complexity index is 414. The third-order valence-electron chi connectivity index (χ3n) is 3.37. The molecule has 2 atom stereocenters. The van der Waals surface area contributed by atoms with Crippen LogP contribution in [0, 0.1) is 0 Å². The normalized spacial score (nSPS) is 20.1. The van der Waals surface area contributed by atoms with E-state index in [0.717, 1.165) is 31.4 Å². The van der Waals surface area contributed by atoms with E-state index in [0.29, 0.717) is 13.0 Å². The summed E-state index contributed by atoms with van der Waals surface area (Å²) in [5.74, 6) is -1.20. The quantitative estimate of drug-likeness (QED) is 0.666. The maximum atomic E-state index is 11.1. The summed E-state index contributed by atoms with van der Waals surface area (Å²) in [5, 5.41) is 11.1. The Labute approximate surface area is 124 Å². The first-order valence-electron chi connectivity index (χ1n) is 7.35. The monoisotopic (exact) mass is 293 g/mol. The zero-order valence-corrected chi connectivity index (χ0v) is 12.0. The van der Waals surface area contributed by atoms with Crippen molar-refractivity contribution in [2.75, 3.05) is 19.8 Å². The molecule has 2 rings (SSSR count). The molecule has 1 aliphatic rings. The first-order chi connectivity index (χ1) is 10.3. The predicted molar refractivity (Wildman–Crippen MR) is 74.4 cm³/mol. The van der Waals surface area contributed by atoms with Gasteiger partial charge in [-0.1, -0.05) is 30.3 Å². The molecule has 0 N–H and O–H groups in total. The van der Waals surface area contributed by atoms with Crippen molar-refractivity contribution in [2.24, 2.45) is 0 Å². The van der Waals surface area contributed by atoms with Gasteiger partial charge in [-0.3, -0.25) is 0 Å². The highest BCUT2D eigenvalue weighted by molar-refractivity contribution is 5.70. The highest BCUT2D eigenvalue weighted by atomic mass is 16.7. The van der Waals surface area contributed by atoms with E-state index < -0.39 is 12.1 Å². The van der Waals surface area contributed by atoms with E-state index in [-0.39, 0.29) is 12.9 Å². The number of carboxylic acids is 1. The third kappa shape index (κ3) is 5.83. The molecule has 0 radical (unpaired) electrons. The molecular formula is C16H21O5-. The van der Waals surface area contributed by atoms with Crippen LogP contribution in [0.2, 0.25) is 0 Å². The van der Waals surface area contributed by atoms with E-state index in [9.17, 15) is 9.90 Å². The number of hydrogen-bond donors (Lipinski definition) is 0. The zero-order valence-electron chi connectivity index (χ0n) is 12.0. The Morgan fingerprint density at radius 3 is 2.76 bits per heavy atom. The van der Waals surface area contributed by atoms with Gasteiger partial charge in [0, 0.05) is 13.0 Å². The van der Waals surface area contributed by atoms with E-state index in [4.69, 9.17) is 14.2 Å². The van der Waals surface area contributed by atoms with Crippen molar-refractivity contribution in [2.45, 2.75) is 38.1 Å². The van der Waals surface area contributed by atoms with Gasteiger partial charge in [-0.05, 0) is 24.8 Å². The number of rotatable bonds is 8. The van der Waals surface area contributed by atoms with Crippen molar-refractivity contribution in [1.82, 2.24) is 0 Å². The van der Waals surface area contributed by atoms with Crippen molar-refractivity contribution in [1.29, 1.82) is 0 Å². The van der Waals surface area contributed by atoms with Gasteiger partial charge >= 0.3 is 0 Å². The molecule has 1 aromatic rings. The number of aliphatic carboxylic acids is 1. The topological polar surface area (TPSA) is 67.8 Å². The predicted octanol–water partition coefficient (Wildman–Crippen LogP) is 0.907. The lowest BCUT2D eigenvalue weighted by Crippen LogP contribution is -2.39. The van der Waals surface area contributed by atoms with Crippen LogP contribution in [-0.4, -0.2) is 38.2 Å². The van der Waals surface area contributed by atoms with Gasteiger partial charge in [-0.15, -0.1) is 0 Å². The highest BCUT2D eigenvalue weighted by Gasteiger charge is 2.15. The lowest BCUT2D eigenvalue weighted by Gasteiger charge is -2.23. The fourth-order valence-electron chi connectivity index (χ4n) is 2.25. The SMILES string of the molecule is O=C([O-])C(Cc1ccccc1)OCCOC1CCCCO1. The van der Waals surface area contributed by atoms with Gasteiger partial charge in [-0.25, -0.2) is 0 Å². The molecule has 1 aromatic carbocycles. The number of carbonyl (C=O) groups excluding carboxylic acids is 1. The van der Waals surface area contributed by atoms with Crippen LogP contribution in [-0.2, 0) is 25.4 Å². The molecule has 0 saturated carbocycles. The van der Waals surface area contributed by atoms with Gasteiger partial charge in [-0.2, -0.15) is 0 Å². The molecule has 0 aliphatic carbocycles. The molecule has 0 amide bonds. The number of hydrogen-bond acceptors (Lipinski definition) is 5. The fraction of sp³-hybridized carbons (Fsp3) is 0.562. The highest BCUT2D eigenvalue weighted by Crippen LogP contribution is 2.13. The number of carbonyl (C=O) groups is 1. The summed E-state index contributed by atoms with van der Waals surface area (Å²) in [6.07, 6.45) is 2.21. The molecule has 2 unspecified atom stereocenters. The fourth-order valence-corrected chi connectivity index (χ4v) is 2.25. The van der Waals surface area contributed by atoms with Crippen LogP contribution in [0.3, 0.4) is 0 Å². The zero-order chi connectivity index (χ0) is 14.9. The molecule has 0 aromatic heterocycles. The Morgan fingerprint density at radius 2 is 2.10 bits per heavy atom. The van der Waals surface area contributed by atoms with E-state index in [2.05, 4.69) is 0 Å². The molecule has 5 nitrogen and oxygen atoms in total. The van der Waals surface area contributed by atoms with Crippen LogP contribution in [0.4, 0.5) is 0 Å². The molecule has 21 heavy (non-hydrogen) atoms. The maximum Gasteiger partial charge on any atom is 0.157 e. The van der Waals surface area contributed by atoms with E-state index in [1.165, 1.54) is 0 Å². The standard InChI is InChI=1S/C16H22O5/c17-16(18)14(12-13-6-2-1-3-7-13)19-10-11-21-15-8-4-5-9-20-15/h1-3,6-7,14-15H,4-5,8-12H2,(H,17,18)/p-1. The molecule has 0 spiro atoms. The lowest BCUT2D eigenvalue weighted by molar-refractivity contribution is -0.317. The van der Waals surface area contributed by atoms with Crippen LogP contribution in [0.15, 0.2) is 30.3 Å². The Hall–Kier alpha value is -1.43. The summed E-state index contributed by atoms with van der Waals surface area (Å²) in [5.41, 5.74) is 0.906. The molecule has 1 saturated heterocycles. The second-order valence-electron chi connectivity index (χ2n) is 5.04. The minimum atomic E-state index is -1.20. The summed E-state index contributed by atoms with van der Waals surface area (Å²) >= 11 is 0. The summed E-state index contributed by atoms with van der Waals surface area (Å²) in [6.45, 7) is 1.26. The van der Waals surface area contributed by atoms with Crippen molar-refractivity contribution in [3.8, 4) is 0 Å². The number of carboxylic acid groups (broad SMARTS) is 1. The minimum Gasteiger partial charge on any atom is -0.547 e. The number of ether oxygens (including phenoxy) is 3. The van der Waals surface area contributed by atoms with Gasteiger partial charge in [0.2, 0.25) is 0 Å². The van der Waals surface area contributed by atoms with Crippen LogP contribution in [0.1, 0.15) is 24.8 Å². The van der Waals surface area contributed by atoms with Gasteiger partial charge in [0.05, 0.1) is 19.2 Å². The Balaban J connectivity index is 1.69. The summed E-state index contributed by atoms with van der Waals surface area (Å²) in [6, 6.07) is 9.35. The van der Waals surface area contributed by atoms with E-state index in [1.807, 2.05) is 30.3 Å². The molecule has 1 aliphatic heterocycles. The molecule has 1 heterocycles. The van der Waals surface area contributed by atoms with Crippen molar-refractivity contribution in [3.05, 3.63) is 35.9 Å². The molecular weight excluding hydrogens is 272 g/mol. The third-order valence-corrected chi connectivity index (χ3v) is 3.37. The van der Waals surface area contributed by atoms with Gasteiger partial charge in [0.15, 0.2) is 6.29 Å². The Kier molecular flexibility index (Phi) is 6.66. The van der Waals surface area contributed by atoms with E-state index >= 15 is 0 Å². The van der Waals surface area contributed by atoms with Crippen molar-refractivity contribution >= 4 is 5.97 Å².